The molecule has 0 spiro atoms. The van der Waals surface area contributed by atoms with E-state index in [0.29, 0.717) is 37.6 Å². The van der Waals surface area contributed by atoms with Crippen LogP contribution in [0.5, 0.6) is 5.75 Å². The highest BCUT2D eigenvalue weighted by atomic mass is 16.5. The number of ether oxygens (including phenoxy) is 2. The molecule has 27 heavy (non-hydrogen) atoms. The van der Waals surface area contributed by atoms with E-state index >= 15 is 0 Å². The van der Waals surface area contributed by atoms with Crippen molar-refractivity contribution in [3.05, 3.63) is 48.3 Å². The number of fused-ring (bicyclic) bond motifs is 1. The zero-order chi connectivity index (χ0) is 19.2. The monoisotopic (exact) mass is 372 g/mol. The van der Waals surface area contributed by atoms with Crippen LogP contribution in [0.25, 0.3) is 0 Å². The number of nitrogens with one attached hydrogen (secondary N) is 2. The maximum atomic E-state index is 12.7. The van der Waals surface area contributed by atoms with E-state index in [2.05, 4.69) is 10.6 Å². The van der Waals surface area contributed by atoms with Crippen molar-refractivity contribution >= 4 is 17.6 Å². The van der Waals surface area contributed by atoms with Crippen LogP contribution < -0.4 is 15.4 Å². The van der Waals surface area contributed by atoms with Gasteiger partial charge < -0.3 is 29.6 Å². The van der Waals surface area contributed by atoms with Crippen molar-refractivity contribution in [3.63, 3.8) is 0 Å². The van der Waals surface area contributed by atoms with Crippen LogP contribution in [0.4, 0.5) is 10.5 Å². The van der Waals surface area contributed by atoms with Gasteiger partial charge in [-0.15, -0.1) is 0 Å². The van der Waals surface area contributed by atoms with Gasteiger partial charge in [-0.05, 0) is 36.4 Å². The average molecular weight is 372 g/mol. The molecular formula is C19H24N4O4. The molecule has 3 amide bonds. The standard InChI is InChI=1S/C19H24N4O4/c1-26-11-10-23-15(13-22-9-3-4-17(22)18(23)24)12-20-19(25)21-14-5-7-16(27-2)8-6-14/h3-9,15H,10-13H2,1-2H3,(H2,20,21,25). The van der Waals surface area contributed by atoms with Gasteiger partial charge in [0.25, 0.3) is 5.91 Å². The first-order chi connectivity index (χ1) is 13.1. The molecule has 0 saturated carbocycles. The highest BCUT2D eigenvalue weighted by Crippen LogP contribution is 2.18. The molecule has 1 aromatic heterocycles. The van der Waals surface area contributed by atoms with Gasteiger partial charge in [0.05, 0.1) is 19.8 Å². The molecule has 8 heteroatoms. The molecule has 144 valence electrons. The van der Waals surface area contributed by atoms with Crippen LogP contribution >= 0.6 is 0 Å². The number of carbonyl (C=O) groups excluding carboxylic acids is 2. The van der Waals surface area contributed by atoms with Crippen LogP contribution in [0, 0.1) is 0 Å². The van der Waals surface area contributed by atoms with Crippen molar-refractivity contribution in [2.45, 2.75) is 12.6 Å². The lowest BCUT2D eigenvalue weighted by Gasteiger charge is -2.36. The summed E-state index contributed by atoms with van der Waals surface area (Å²) < 4.78 is 12.1. The Balaban J connectivity index is 1.60. The van der Waals surface area contributed by atoms with Gasteiger partial charge in [0.2, 0.25) is 0 Å². The first kappa shape index (κ1) is 18.8. The Morgan fingerprint density at radius 2 is 2.00 bits per heavy atom. The predicted molar refractivity (Wildman–Crippen MR) is 101 cm³/mol. The van der Waals surface area contributed by atoms with Gasteiger partial charge in [0.1, 0.15) is 11.4 Å². The van der Waals surface area contributed by atoms with Crippen LogP contribution in [0.3, 0.4) is 0 Å². The fraction of sp³-hybridized carbons (Fsp3) is 0.368. The van der Waals surface area contributed by atoms with Crippen molar-refractivity contribution in [2.24, 2.45) is 0 Å². The molecule has 1 aromatic carbocycles. The molecule has 1 aliphatic rings. The molecule has 2 heterocycles. The maximum Gasteiger partial charge on any atom is 0.319 e. The number of amides is 3. The largest absolute Gasteiger partial charge is 0.497 e. The van der Waals surface area contributed by atoms with Crippen molar-refractivity contribution in [1.82, 2.24) is 14.8 Å². The number of aromatic nitrogens is 1. The lowest BCUT2D eigenvalue weighted by atomic mass is 10.1. The van der Waals surface area contributed by atoms with Crippen LogP contribution in [0.2, 0.25) is 0 Å². The Bertz CT molecular complexity index is 787. The highest BCUT2D eigenvalue weighted by Gasteiger charge is 2.31. The third kappa shape index (κ3) is 4.40. The molecule has 0 radical (unpaired) electrons. The molecule has 2 aromatic rings. The quantitative estimate of drug-likeness (QED) is 0.776. The summed E-state index contributed by atoms with van der Waals surface area (Å²) in [6, 6.07) is 10.3. The molecule has 2 N–H and O–H groups in total. The number of hydrogen-bond acceptors (Lipinski definition) is 4. The van der Waals surface area contributed by atoms with E-state index in [0.717, 1.165) is 5.75 Å². The Labute approximate surface area is 158 Å². The zero-order valence-corrected chi connectivity index (χ0v) is 15.5. The second-order valence-electron chi connectivity index (χ2n) is 6.25. The summed E-state index contributed by atoms with van der Waals surface area (Å²) >= 11 is 0. The predicted octanol–water partition coefficient (Wildman–Crippen LogP) is 1.79. The van der Waals surface area contributed by atoms with Crippen LogP contribution in [0.15, 0.2) is 42.6 Å². The first-order valence-electron chi connectivity index (χ1n) is 8.76. The van der Waals surface area contributed by atoms with Gasteiger partial charge in [-0.1, -0.05) is 0 Å². The molecular weight excluding hydrogens is 348 g/mol. The van der Waals surface area contributed by atoms with E-state index in [1.54, 1.807) is 43.4 Å². The summed E-state index contributed by atoms with van der Waals surface area (Å²) in [6.07, 6.45) is 1.88. The minimum atomic E-state index is -0.322. The molecule has 8 nitrogen and oxygen atoms in total. The van der Waals surface area contributed by atoms with E-state index in [4.69, 9.17) is 9.47 Å². The van der Waals surface area contributed by atoms with E-state index in [1.165, 1.54) is 0 Å². The van der Waals surface area contributed by atoms with Gasteiger partial charge in [-0.3, -0.25) is 4.79 Å². The highest BCUT2D eigenvalue weighted by molar-refractivity contribution is 5.94. The van der Waals surface area contributed by atoms with Crippen molar-refractivity contribution in [1.29, 1.82) is 0 Å². The number of urea groups is 1. The summed E-state index contributed by atoms with van der Waals surface area (Å²) in [4.78, 5) is 26.7. The van der Waals surface area contributed by atoms with E-state index in [9.17, 15) is 9.59 Å². The number of methoxy groups -OCH3 is 2. The topological polar surface area (TPSA) is 84.8 Å². The first-order valence-corrected chi connectivity index (χ1v) is 8.76. The molecule has 0 bridgehead atoms. The second kappa shape index (κ2) is 8.59. The van der Waals surface area contributed by atoms with Crippen LogP contribution in [-0.2, 0) is 11.3 Å². The molecule has 0 saturated heterocycles. The van der Waals surface area contributed by atoms with Gasteiger partial charge in [-0.2, -0.15) is 0 Å². The van der Waals surface area contributed by atoms with Gasteiger partial charge >= 0.3 is 6.03 Å². The molecule has 3 rings (SSSR count). The Hall–Kier alpha value is -3.00. The summed E-state index contributed by atoms with van der Waals surface area (Å²) in [7, 11) is 3.19. The number of anilines is 1. The smallest absolute Gasteiger partial charge is 0.319 e. The van der Waals surface area contributed by atoms with Gasteiger partial charge in [0, 0.05) is 38.6 Å². The van der Waals surface area contributed by atoms with Crippen molar-refractivity contribution < 1.29 is 19.1 Å². The fourth-order valence-corrected chi connectivity index (χ4v) is 3.11. The fourth-order valence-electron chi connectivity index (χ4n) is 3.11. The zero-order valence-electron chi connectivity index (χ0n) is 15.5. The average Bonchev–Trinajstić information content (AvgIpc) is 3.15. The summed E-state index contributed by atoms with van der Waals surface area (Å²) in [5.41, 5.74) is 1.32. The number of carbonyl (C=O) groups is 2. The molecule has 1 aliphatic heterocycles. The van der Waals surface area contributed by atoms with Crippen LogP contribution in [0.1, 0.15) is 10.5 Å². The van der Waals surface area contributed by atoms with E-state index in [1.807, 2.05) is 22.9 Å². The number of rotatable bonds is 7. The normalized spacial score (nSPS) is 16.0. The Morgan fingerprint density at radius 1 is 1.22 bits per heavy atom. The number of nitrogens with zero attached hydrogens (tertiary/aromatic N) is 2. The Morgan fingerprint density at radius 3 is 2.70 bits per heavy atom. The third-order valence-corrected chi connectivity index (χ3v) is 4.54. The second-order valence-corrected chi connectivity index (χ2v) is 6.25. The maximum absolute atomic E-state index is 12.7. The van der Waals surface area contributed by atoms with Gasteiger partial charge in [0.15, 0.2) is 0 Å². The number of hydrogen-bond donors (Lipinski definition) is 2. The minimum Gasteiger partial charge on any atom is -0.497 e. The third-order valence-electron chi connectivity index (χ3n) is 4.54. The summed E-state index contributed by atoms with van der Waals surface area (Å²) in [5.74, 6) is 0.670. The summed E-state index contributed by atoms with van der Waals surface area (Å²) in [6.45, 7) is 1.89. The Kier molecular flexibility index (Phi) is 5.97. The number of benzene rings is 1. The molecule has 1 unspecified atom stereocenters. The van der Waals surface area contributed by atoms with Crippen LogP contribution in [-0.4, -0.2) is 61.4 Å². The van der Waals surface area contributed by atoms with E-state index < -0.39 is 0 Å². The minimum absolute atomic E-state index is 0.0503. The SMILES string of the molecule is COCCN1C(=O)c2cccn2CC1CNC(=O)Nc1ccc(OC)cc1. The van der Waals surface area contributed by atoms with Gasteiger partial charge in [-0.25, -0.2) is 4.79 Å². The van der Waals surface area contributed by atoms with Crippen molar-refractivity contribution in [3.8, 4) is 5.75 Å². The molecule has 1 atom stereocenters. The lowest BCUT2D eigenvalue weighted by molar-refractivity contribution is 0.0514. The van der Waals surface area contributed by atoms with E-state index in [-0.39, 0.29) is 18.0 Å². The summed E-state index contributed by atoms with van der Waals surface area (Å²) in [5, 5.41) is 5.63. The lowest BCUT2D eigenvalue weighted by Crippen LogP contribution is -2.54. The molecule has 0 fully saturated rings. The van der Waals surface area contributed by atoms with Crippen molar-refractivity contribution in [2.75, 3.05) is 39.2 Å². The molecule has 0 aliphatic carbocycles.